The monoisotopic (exact) mass is 336 g/mol. The third-order valence-electron chi connectivity index (χ3n) is 3.79. The normalized spacial score (nSPS) is 12.1. The summed E-state index contributed by atoms with van der Waals surface area (Å²) in [6, 6.07) is 4.33. The van der Waals surface area contributed by atoms with Gasteiger partial charge in [0.25, 0.3) is 0 Å². The zero-order valence-electron chi connectivity index (χ0n) is 12.9. The maximum absolute atomic E-state index is 12.4. The largest absolute Gasteiger partial charge is 0.419 e. The van der Waals surface area contributed by atoms with Crippen LogP contribution < -0.4 is 10.5 Å². The van der Waals surface area contributed by atoms with Gasteiger partial charge < -0.3 is 4.42 Å². The predicted octanol–water partition coefficient (Wildman–Crippen LogP) is 0.950. The van der Waals surface area contributed by atoms with Gasteiger partial charge >= 0.3 is 5.76 Å². The zero-order chi connectivity index (χ0) is 16.8. The summed E-state index contributed by atoms with van der Waals surface area (Å²) in [5.41, 5.74) is 3.14. The highest BCUT2D eigenvalue weighted by Gasteiger charge is 2.18. The van der Waals surface area contributed by atoms with Gasteiger partial charge in [-0.05, 0) is 26.0 Å². The Kier molecular flexibility index (Phi) is 3.61. The average Bonchev–Trinajstić information content (AvgIpc) is 2.97. The van der Waals surface area contributed by atoms with Crippen LogP contribution in [0.2, 0.25) is 0 Å². The number of benzene rings is 1. The Morgan fingerprint density at radius 1 is 1.35 bits per heavy atom. The number of nitrogens with one attached hydrogen (secondary N) is 2. The smallest absolute Gasteiger partial charge is 0.408 e. The number of H-pyrrole nitrogens is 1. The first-order chi connectivity index (χ1) is 10.8. The molecule has 2 heterocycles. The van der Waals surface area contributed by atoms with E-state index in [0.717, 1.165) is 17.0 Å². The highest BCUT2D eigenvalue weighted by molar-refractivity contribution is 7.89. The van der Waals surface area contributed by atoms with E-state index in [-0.39, 0.29) is 17.0 Å². The Balaban J connectivity index is 1.92. The topological polar surface area (TPSA) is 110 Å². The van der Waals surface area contributed by atoms with Gasteiger partial charge in [0.05, 0.1) is 16.1 Å². The van der Waals surface area contributed by atoms with Crippen molar-refractivity contribution in [3.8, 4) is 0 Å². The minimum Gasteiger partial charge on any atom is -0.408 e. The van der Waals surface area contributed by atoms with E-state index in [1.165, 1.54) is 16.7 Å². The Hall–Kier alpha value is -2.39. The summed E-state index contributed by atoms with van der Waals surface area (Å²) in [5, 5.41) is 6.84. The first kappa shape index (κ1) is 15.5. The van der Waals surface area contributed by atoms with Gasteiger partial charge in [-0.2, -0.15) is 5.10 Å². The van der Waals surface area contributed by atoms with E-state index in [0.29, 0.717) is 5.52 Å². The summed E-state index contributed by atoms with van der Waals surface area (Å²) in [7, 11) is -2.17. The van der Waals surface area contributed by atoms with Gasteiger partial charge in [0.2, 0.25) is 10.0 Å². The molecule has 9 heteroatoms. The standard InChI is InChI=1S/C14H16N4O4S/c1-8-11(9(2)17-16-8)7-15-23(20,21)10-4-5-12-13(6-10)22-14(19)18(12)3/h4-6,15H,7H2,1-3H3,(H,16,17). The molecule has 0 atom stereocenters. The van der Waals surface area contributed by atoms with Crippen LogP contribution in [0.25, 0.3) is 11.1 Å². The summed E-state index contributed by atoms with van der Waals surface area (Å²) in [6.45, 7) is 3.76. The summed E-state index contributed by atoms with van der Waals surface area (Å²) in [5.74, 6) is -0.535. The van der Waals surface area contributed by atoms with Crippen LogP contribution in [0.5, 0.6) is 0 Å². The van der Waals surface area contributed by atoms with Crippen LogP contribution >= 0.6 is 0 Å². The van der Waals surface area contributed by atoms with Gasteiger partial charge in [-0.25, -0.2) is 17.9 Å². The van der Waals surface area contributed by atoms with E-state index in [2.05, 4.69) is 14.9 Å². The third kappa shape index (κ3) is 2.68. The van der Waals surface area contributed by atoms with Crippen LogP contribution in [0.15, 0.2) is 32.3 Å². The van der Waals surface area contributed by atoms with Gasteiger partial charge in [0.15, 0.2) is 5.58 Å². The van der Waals surface area contributed by atoms with Crippen molar-refractivity contribution < 1.29 is 12.8 Å². The lowest BCUT2D eigenvalue weighted by molar-refractivity contribution is 0.527. The van der Waals surface area contributed by atoms with Crippen molar-refractivity contribution in [3.63, 3.8) is 0 Å². The fourth-order valence-corrected chi connectivity index (χ4v) is 3.38. The molecule has 0 aliphatic carbocycles. The highest BCUT2D eigenvalue weighted by atomic mass is 32.2. The average molecular weight is 336 g/mol. The SMILES string of the molecule is Cc1n[nH]c(C)c1CNS(=O)(=O)c1ccc2c(c1)oc(=O)n2C. The molecule has 2 N–H and O–H groups in total. The molecular weight excluding hydrogens is 320 g/mol. The van der Waals surface area contributed by atoms with E-state index in [4.69, 9.17) is 4.42 Å². The van der Waals surface area contributed by atoms with E-state index in [9.17, 15) is 13.2 Å². The van der Waals surface area contributed by atoms with Gasteiger partial charge in [-0.3, -0.25) is 9.67 Å². The van der Waals surface area contributed by atoms with Crippen LogP contribution in [-0.2, 0) is 23.6 Å². The lowest BCUT2D eigenvalue weighted by atomic mass is 10.2. The number of rotatable bonds is 4. The summed E-state index contributed by atoms with van der Waals surface area (Å²) >= 11 is 0. The maximum atomic E-state index is 12.4. The molecule has 0 saturated carbocycles. The molecule has 0 fully saturated rings. The second-order valence-electron chi connectivity index (χ2n) is 5.29. The Morgan fingerprint density at radius 2 is 2.09 bits per heavy atom. The molecule has 8 nitrogen and oxygen atoms in total. The Morgan fingerprint density at radius 3 is 2.74 bits per heavy atom. The fourth-order valence-electron chi connectivity index (χ4n) is 2.37. The molecule has 23 heavy (non-hydrogen) atoms. The van der Waals surface area contributed by atoms with E-state index in [1.807, 2.05) is 6.92 Å². The number of hydrogen-bond donors (Lipinski definition) is 2. The van der Waals surface area contributed by atoms with Gasteiger partial charge in [0, 0.05) is 30.9 Å². The van der Waals surface area contributed by atoms with Crippen LogP contribution in [0.4, 0.5) is 0 Å². The van der Waals surface area contributed by atoms with Crippen molar-refractivity contribution in [1.82, 2.24) is 19.5 Å². The van der Waals surface area contributed by atoms with E-state index >= 15 is 0 Å². The maximum Gasteiger partial charge on any atom is 0.419 e. The number of hydrogen-bond acceptors (Lipinski definition) is 5. The quantitative estimate of drug-likeness (QED) is 0.737. The minimum atomic E-state index is -3.73. The first-order valence-electron chi connectivity index (χ1n) is 6.89. The fraction of sp³-hybridized carbons (Fsp3) is 0.286. The van der Waals surface area contributed by atoms with Gasteiger partial charge in [-0.15, -0.1) is 0 Å². The summed E-state index contributed by atoms with van der Waals surface area (Å²) in [6.07, 6.45) is 0. The van der Waals surface area contributed by atoms with Crippen molar-refractivity contribution in [2.24, 2.45) is 7.05 Å². The molecule has 0 unspecified atom stereocenters. The minimum absolute atomic E-state index is 0.0400. The number of aromatic amines is 1. The Bertz CT molecular complexity index is 1020. The molecule has 3 rings (SSSR count). The molecule has 0 radical (unpaired) electrons. The summed E-state index contributed by atoms with van der Waals surface area (Å²) < 4.78 is 33.7. The lowest BCUT2D eigenvalue weighted by Crippen LogP contribution is -2.23. The van der Waals surface area contributed by atoms with E-state index < -0.39 is 15.8 Å². The van der Waals surface area contributed by atoms with Crippen molar-refractivity contribution in [2.45, 2.75) is 25.3 Å². The molecule has 122 valence electrons. The number of aryl methyl sites for hydroxylation is 3. The molecule has 2 aromatic heterocycles. The molecule has 0 spiro atoms. The molecule has 3 aromatic rings. The van der Waals surface area contributed by atoms with Crippen molar-refractivity contribution >= 4 is 21.1 Å². The first-order valence-corrected chi connectivity index (χ1v) is 8.37. The molecule has 0 bridgehead atoms. The number of sulfonamides is 1. The molecule has 0 amide bonds. The number of oxazole rings is 1. The van der Waals surface area contributed by atoms with Crippen LogP contribution in [0, 0.1) is 13.8 Å². The molecule has 0 saturated heterocycles. The molecular formula is C14H16N4O4S. The number of aromatic nitrogens is 3. The molecule has 1 aromatic carbocycles. The predicted molar refractivity (Wildman–Crippen MR) is 83.5 cm³/mol. The Labute approximate surface area is 132 Å². The second kappa shape index (κ2) is 5.36. The highest BCUT2D eigenvalue weighted by Crippen LogP contribution is 2.18. The van der Waals surface area contributed by atoms with Gasteiger partial charge in [0.1, 0.15) is 0 Å². The van der Waals surface area contributed by atoms with Crippen molar-refractivity contribution in [3.05, 3.63) is 45.7 Å². The van der Waals surface area contributed by atoms with Crippen LogP contribution in [-0.4, -0.2) is 23.2 Å². The lowest BCUT2D eigenvalue weighted by Gasteiger charge is -2.07. The second-order valence-corrected chi connectivity index (χ2v) is 7.06. The van der Waals surface area contributed by atoms with Crippen LogP contribution in [0.1, 0.15) is 17.0 Å². The summed E-state index contributed by atoms with van der Waals surface area (Å²) in [4.78, 5) is 11.5. The third-order valence-corrected chi connectivity index (χ3v) is 5.19. The zero-order valence-corrected chi connectivity index (χ0v) is 13.7. The van der Waals surface area contributed by atoms with E-state index in [1.54, 1.807) is 20.0 Å². The number of nitrogens with zero attached hydrogens (tertiary/aromatic N) is 2. The molecule has 0 aliphatic heterocycles. The van der Waals surface area contributed by atoms with Crippen molar-refractivity contribution in [1.29, 1.82) is 0 Å². The van der Waals surface area contributed by atoms with Gasteiger partial charge in [-0.1, -0.05) is 0 Å². The van der Waals surface area contributed by atoms with Crippen molar-refractivity contribution in [2.75, 3.05) is 0 Å². The van der Waals surface area contributed by atoms with Crippen LogP contribution in [0.3, 0.4) is 0 Å². The number of fused-ring (bicyclic) bond motifs is 1. The molecule has 0 aliphatic rings.